The highest BCUT2D eigenvalue weighted by Crippen LogP contribution is 2.26. The molecule has 0 spiro atoms. The van der Waals surface area contributed by atoms with Crippen LogP contribution < -0.4 is 0 Å². The molecule has 1 aliphatic rings. The van der Waals surface area contributed by atoms with Crippen LogP contribution >= 0.6 is 0 Å². The van der Waals surface area contributed by atoms with Crippen molar-refractivity contribution in [2.75, 3.05) is 13.2 Å². The van der Waals surface area contributed by atoms with Gasteiger partial charge in [-0.1, -0.05) is 200 Å². The van der Waals surface area contributed by atoms with Gasteiger partial charge < -0.3 is 30.1 Å². The molecule has 0 unspecified atom stereocenters. The predicted molar refractivity (Wildman–Crippen MR) is 205 cm³/mol. The standard InChI is InChI=1S/C42H83NO6/c1-3-5-7-9-11-13-15-17-19-21-23-25-27-29-31-33-35-43(42-41(48)40(47)39(46)37(36-44)49-42)38(45)34-32-30-28-26-24-22-20-18-16-14-12-10-8-6-4-2/h37,39-42,44,46-48H,3-36H2,1-2H3/t37-,39-,40+,41-,42-/m1/s1. The zero-order valence-corrected chi connectivity index (χ0v) is 32.5. The molecule has 1 aliphatic heterocycles. The molecule has 7 heteroatoms. The number of carbonyl (C=O) groups excluding carboxylic acids is 1. The molecule has 5 atom stereocenters. The van der Waals surface area contributed by atoms with Gasteiger partial charge in [0.1, 0.15) is 24.4 Å². The second-order valence-electron chi connectivity index (χ2n) is 15.3. The number of rotatable bonds is 35. The fourth-order valence-electron chi connectivity index (χ4n) is 7.35. The van der Waals surface area contributed by atoms with Crippen LogP contribution in [0.25, 0.3) is 0 Å². The summed E-state index contributed by atoms with van der Waals surface area (Å²) in [6, 6.07) is 0. The molecule has 49 heavy (non-hydrogen) atoms. The molecule has 1 rings (SSSR count). The molecule has 292 valence electrons. The molecule has 7 nitrogen and oxygen atoms in total. The molecule has 1 saturated heterocycles. The van der Waals surface area contributed by atoms with Crippen molar-refractivity contribution in [2.45, 2.75) is 250 Å². The van der Waals surface area contributed by atoms with Gasteiger partial charge in [-0.15, -0.1) is 0 Å². The van der Waals surface area contributed by atoms with E-state index >= 15 is 0 Å². The van der Waals surface area contributed by atoms with Gasteiger partial charge in [-0.05, 0) is 12.8 Å². The molecule has 1 amide bonds. The number of amides is 1. The summed E-state index contributed by atoms with van der Waals surface area (Å²) in [7, 11) is 0. The predicted octanol–water partition coefficient (Wildman–Crippen LogP) is 10.1. The lowest BCUT2D eigenvalue weighted by molar-refractivity contribution is -0.262. The van der Waals surface area contributed by atoms with Crippen LogP contribution in [0.2, 0.25) is 0 Å². The molecule has 1 heterocycles. The number of carbonyl (C=O) groups is 1. The quantitative estimate of drug-likeness (QED) is 0.0491. The molecule has 0 aliphatic carbocycles. The van der Waals surface area contributed by atoms with Crippen molar-refractivity contribution in [1.82, 2.24) is 4.90 Å². The van der Waals surface area contributed by atoms with E-state index < -0.39 is 37.3 Å². The summed E-state index contributed by atoms with van der Waals surface area (Å²) in [5.41, 5.74) is 0. The van der Waals surface area contributed by atoms with Crippen molar-refractivity contribution in [1.29, 1.82) is 0 Å². The lowest BCUT2D eigenvalue weighted by atomic mass is 9.97. The first-order chi connectivity index (χ1) is 24.0. The van der Waals surface area contributed by atoms with Crippen LogP contribution in [0.15, 0.2) is 0 Å². The molecule has 0 radical (unpaired) electrons. The van der Waals surface area contributed by atoms with Crippen LogP contribution in [-0.2, 0) is 9.53 Å². The Morgan fingerprint density at radius 2 is 0.796 bits per heavy atom. The van der Waals surface area contributed by atoms with Crippen LogP contribution in [0.3, 0.4) is 0 Å². The number of aliphatic hydroxyl groups excluding tert-OH is 4. The Hall–Kier alpha value is -0.730. The SMILES string of the molecule is CCCCCCCCCCCCCCCCCCN(C(=O)CCCCCCCCCCCCCCCCC)[C@@H]1O[C@H](CO)[C@@H](O)[C@H](O)[C@H]1O. The molecule has 0 aromatic carbocycles. The molecular weight excluding hydrogens is 614 g/mol. The summed E-state index contributed by atoms with van der Waals surface area (Å²) in [5, 5.41) is 41.1. The van der Waals surface area contributed by atoms with Gasteiger partial charge in [0.25, 0.3) is 0 Å². The minimum atomic E-state index is -1.47. The number of nitrogens with zero attached hydrogens (tertiary/aromatic N) is 1. The van der Waals surface area contributed by atoms with Crippen molar-refractivity contribution in [3.8, 4) is 0 Å². The molecule has 0 saturated carbocycles. The summed E-state index contributed by atoms with van der Waals surface area (Å²) in [6.45, 7) is 4.50. The normalized spacial score (nSPS) is 21.0. The number of aliphatic hydroxyl groups is 4. The zero-order valence-electron chi connectivity index (χ0n) is 32.5. The Bertz CT molecular complexity index is 721. The second kappa shape index (κ2) is 33.1. The van der Waals surface area contributed by atoms with E-state index in [1.165, 1.54) is 161 Å². The molecule has 0 bridgehead atoms. The summed E-state index contributed by atoms with van der Waals surface area (Å²) in [4.78, 5) is 15.0. The Morgan fingerprint density at radius 3 is 1.14 bits per heavy atom. The molecular formula is C42H83NO6. The summed E-state index contributed by atoms with van der Waals surface area (Å²) in [6.07, 6.45) is 33.5. The van der Waals surface area contributed by atoms with E-state index in [4.69, 9.17) is 4.74 Å². The van der Waals surface area contributed by atoms with E-state index in [1.807, 2.05) is 0 Å². The summed E-state index contributed by atoms with van der Waals surface area (Å²) < 4.78 is 5.82. The maximum absolute atomic E-state index is 13.4. The van der Waals surface area contributed by atoms with Crippen LogP contribution in [-0.4, -0.2) is 75.0 Å². The zero-order chi connectivity index (χ0) is 35.8. The van der Waals surface area contributed by atoms with Crippen molar-refractivity contribution >= 4 is 5.91 Å². The highest BCUT2D eigenvalue weighted by atomic mass is 16.6. The summed E-state index contributed by atoms with van der Waals surface area (Å²) >= 11 is 0. The third kappa shape index (κ3) is 23.5. The van der Waals surface area contributed by atoms with E-state index in [1.54, 1.807) is 4.90 Å². The lowest BCUT2D eigenvalue weighted by Crippen LogP contribution is -2.64. The van der Waals surface area contributed by atoms with Gasteiger partial charge in [-0.25, -0.2) is 0 Å². The van der Waals surface area contributed by atoms with Gasteiger partial charge in [0.2, 0.25) is 5.91 Å². The van der Waals surface area contributed by atoms with Crippen molar-refractivity contribution in [3.05, 3.63) is 0 Å². The first-order valence-corrected chi connectivity index (χ1v) is 21.6. The number of ether oxygens (including phenoxy) is 1. The van der Waals surface area contributed by atoms with E-state index in [2.05, 4.69) is 13.8 Å². The minimum absolute atomic E-state index is 0.0833. The van der Waals surface area contributed by atoms with E-state index in [9.17, 15) is 25.2 Å². The second-order valence-corrected chi connectivity index (χ2v) is 15.3. The monoisotopic (exact) mass is 698 g/mol. The van der Waals surface area contributed by atoms with Gasteiger partial charge >= 0.3 is 0 Å². The van der Waals surface area contributed by atoms with Crippen LogP contribution in [0.1, 0.15) is 219 Å². The molecule has 0 aromatic heterocycles. The van der Waals surface area contributed by atoms with Crippen LogP contribution in [0.4, 0.5) is 0 Å². The maximum atomic E-state index is 13.4. The average Bonchev–Trinajstić information content (AvgIpc) is 3.10. The Balaban J connectivity index is 2.27. The van der Waals surface area contributed by atoms with E-state index in [0.717, 1.165) is 38.5 Å². The molecule has 1 fully saturated rings. The molecule has 4 N–H and O–H groups in total. The third-order valence-corrected chi connectivity index (χ3v) is 10.7. The Labute approximate surface area is 303 Å². The first-order valence-electron chi connectivity index (χ1n) is 21.6. The van der Waals surface area contributed by atoms with Gasteiger partial charge in [0.15, 0.2) is 6.23 Å². The van der Waals surface area contributed by atoms with Crippen molar-refractivity contribution < 1.29 is 30.0 Å². The van der Waals surface area contributed by atoms with Crippen LogP contribution in [0.5, 0.6) is 0 Å². The van der Waals surface area contributed by atoms with Gasteiger partial charge in [0, 0.05) is 13.0 Å². The minimum Gasteiger partial charge on any atom is -0.394 e. The fourth-order valence-corrected chi connectivity index (χ4v) is 7.35. The van der Waals surface area contributed by atoms with Gasteiger partial charge in [-0.2, -0.15) is 0 Å². The number of hydrogen-bond acceptors (Lipinski definition) is 6. The molecule has 0 aromatic rings. The maximum Gasteiger partial charge on any atom is 0.224 e. The fraction of sp³-hybridized carbons (Fsp3) is 0.976. The third-order valence-electron chi connectivity index (χ3n) is 10.7. The van der Waals surface area contributed by atoms with Crippen LogP contribution in [0, 0.1) is 0 Å². The number of unbranched alkanes of at least 4 members (excludes halogenated alkanes) is 29. The van der Waals surface area contributed by atoms with E-state index in [0.29, 0.717) is 13.0 Å². The average molecular weight is 698 g/mol. The van der Waals surface area contributed by atoms with Crippen molar-refractivity contribution in [3.63, 3.8) is 0 Å². The van der Waals surface area contributed by atoms with E-state index in [-0.39, 0.29) is 5.91 Å². The largest absolute Gasteiger partial charge is 0.394 e. The highest BCUT2D eigenvalue weighted by molar-refractivity contribution is 5.76. The summed E-state index contributed by atoms with van der Waals surface area (Å²) in [5.74, 6) is -0.0833. The van der Waals surface area contributed by atoms with Gasteiger partial charge in [-0.3, -0.25) is 4.79 Å². The topological polar surface area (TPSA) is 110 Å². The van der Waals surface area contributed by atoms with Crippen molar-refractivity contribution in [2.24, 2.45) is 0 Å². The Morgan fingerprint density at radius 1 is 0.469 bits per heavy atom. The lowest BCUT2D eigenvalue weighted by Gasteiger charge is -2.44. The Kier molecular flexibility index (Phi) is 31.3. The van der Waals surface area contributed by atoms with Gasteiger partial charge in [0.05, 0.1) is 6.61 Å². The smallest absolute Gasteiger partial charge is 0.224 e. The first kappa shape index (κ1) is 46.3. The highest BCUT2D eigenvalue weighted by Gasteiger charge is 2.46. The number of hydrogen-bond donors (Lipinski definition) is 4.